The summed E-state index contributed by atoms with van der Waals surface area (Å²) in [5.74, 6) is 0.953. The number of nitrogens with zero attached hydrogens (tertiary/aromatic N) is 2. The molecule has 0 bridgehead atoms. The van der Waals surface area contributed by atoms with Crippen molar-refractivity contribution in [3.8, 4) is 0 Å². The molecule has 124 valence electrons. The average Bonchev–Trinajstić information content (AvgIpc) is 2.94. The molecular formula is C17H30N4S. The fourth-order valence-corrected chi connectivity index (χ4v) is 3.67. The van der Waals surface area contributed by atoms with Gasteiger partial charge in [0.05, 0.1) is 5.01 Å². The fourth-order valence-electron chi connectivity index (χ4n) is 2.80. The van der Waals surface area contributed by atoms with E-state index < -0.39 is 0 Å². The van der Waals surface area contributed by atoms with Gasteiger partial charge in [-0.1, -0.05) is 20.3 Å². The van der Waals surface area contributed by atoms with E-state index >= 15 is 0 Å². The van der Waals surface area contributed by atoms with Crippen molar-refractivity contribution in [3.63, 3.8) is 0 Å². The first kappa shape index (κ1) is 17.3. The van der Waals surface area contributed by atoms with Crippen molar-refractivity contribution in [2.75, 3.05) is 19.6 Å². The van der Waals surface area contributed by atoms with Gasteiger partial charge in [0.1, 0.15) is 0 Å². The fraction of sp³-hybridized carbons (Fsp3) is 0.765. The van der Waals surface area contributed by atoms with Crippen LogP contribution in [0.2, 0.25) is 0 Å². The van der Waals surface area contributed by atoms with Gasteiger partial charge in [-0.15, -0.1) is 11.3 Å². The summed E-state index contributed by atoms with van der Waals surface area (Å²) in [5.41, 5.74) is 0.480. The van der Waals surface area contributed by atoms with E-state index in [2.05, 4.69) is 36.4 Å². The highest BCUT2D eigenvalue weighted by Gasteiger charge is 2.34. The van der Waals surface area contributed by atoms with Crippen molar-refractivity contribution in [3.05, 3.63) is 16.1 Å². The summed E-state index contributed by atoms with van der Waals surface area (Å²) in [4.78, 5) is 10.6. The van der Waals surface area contributed by atoms with Crippen LogP contribution in [-0.2, 0) is 12.8 Å². The number of thiazole rings is 1. The topological polar surface area (TPSA) is 49.3 Å². The van der Waals surface area contributed by atoms with Gasteiger partial charge in [0.2, 0.25) is 0 Å². The molecule has 0 aromatic carbocycles. The third-order valence-corrected chi connectivity index (χ3v) is 5.86. The summed E-state index contributed by atoms with van der Waals surface area (Å²) < 4.78 is 0. The minimum Gasteiger partial charge on any atom is -0.357 e. The molecule has 0 radical (unpaired) electrons. The quantitative estimate of drug-likeness (QED) is 0.570. The molecule has 1 saturated carbocycles. The zero-order valence-corrected chi connectivity index (χ0v) is 15.1. The highest BCUT2D eigenvalue weighted by Crippen LogP contribution is 2.43. The van der Waals surface area contributed by atoms with Gasteiger partial charge in [-0.3, -0.25) is 4.99 Å². The number of guanidine groups is 1. The third kappa shape index (κ3) is 4.70. The molecule has 1 aliphatic carbocycles. The first-order valence-corrected chi connectivity index (χ1v) is 9.48. The van der Waals surface area contributed by atoms with Crippen LogP contribution in [0, 0.1) is 5.41 Å². The standard InChI is InChI=1S/C17H30N4S/c1-4-14-12-20-15(22-14)8-11-19-16(18-6-3)21-13-17(5-2)9-7-10-17/h12H,4-11,13H2,1-3H3,(H2,18,19,21). The third-order valence-electron chi connectivity index (χ3n) is 4.66. The van der Waals surface area contributed by atoms with Crippen molar-refractivity contribution in [2.24, 2.45) is 10.4 Å². The van der Waals surface area contributed by atoms with E-state index in [1.165, 1.54) is 35.6 Å². The van der Waals surface area contributed by atoms with Crippen LogP contribution in [0.1, 0.15) is 56.3 Å². The van der Waals surface area contributed by atoms with Crippen LogP contribution in [0.25, 0.3) is 0 Å². The minimum absolute atomic E-state index is 0.480. The van der Waals surface area contributed by atoms with Crippen LogP contribution >= 0.6 is 11.3 Å². The lowest BCUT2D eigenvalue weighted by molar-refractivity contribution is 0.139. The molecule has 2 rings (SSSR count). The van der Waals surface area contributed by atoms with E-state index in [1.807, 2.05) is 17.5 Å². The SMILES string of the molecule is CCNC(=NCC1(CC)CCC1)NCCc1ncc(CC)s1. The van der Waals surface area contributed by atoms with Crippen molar-refractivity contribution < 1.29 is 0 Å². The molecule has 1 aromatic rings. The second kappa shape index (κ2) is 8.51. The molecule has 0 aliphatic heterocycles. The van der Waals surface area contributed by atoms with Crippen LogP contribution in [0.3, 0.4) is 0 Å². The molecular weight excluding hydrogens is 292 g/mol. The second-order valence-electron chi connectivity index (χ2n) is 6.15. The number of aryl methyl sites for hydroxylation is 1. The summed E-state index contributed by atoms with van der Waals surface area (Å²) in [6, 6.07) is 0. The second-order valence-corrected chi connectivity index (χ2v) is 7.35. The molecule has 0 saturated heterocycles. The highest BCUT2D eigenvalue weighted by atomic mass is 32.1. The molecule has 4 nitrogen and oxygen atoms in total. The van der Waals surface area contributed by atoms with E-state index in [1.54, 1.807) is 0 Å². The molecule has 22 heavy (non-hydrogen) atoms. The summed E-state index contributed by atoms with van der Waals surface area (Å²) in [6.45, 7) is 9.34. The van der Waals surface area contributed by atoms with E-state index in [9.17, 15) is 0 Å². The zero-order chi connectivity index (χ0) is 15.8. The maximum absolute atomic E-state index is 4.81. The number of aliphatic imine (C=N–C) groups is 1. The Kier molecular flexibility index (Phi) is 6.68. The molecule has 1 aromatic heterocycles. The Morgan fingerprint density at radius 3 is 2.68 bits per heavy atom. The molecule has 0 amide bonds. The zero-order valence-electron chi connectivity index (χ0n) is 14.2. The van der Waals surface area contributed by atoms with Gasteiger partial charge in [0.25, 0.3) is 0 Å². The van der Waals surface area contributed by atoms with Gasteiger partial charge in [-0.05, 0) is 38.0 Å². The molecule has 1 heterocycles. The Bertz CT molecular complexity index is 471. The predicted octanol–water partition coefficient (Wildman–Crippen LogP) is 3.38. The van der Waals surface area contributed by atoms with E-state index in [0.717, 1.165) is 38.4 Å². The molecule has 0 atom stereocenters. The lowest BCUT2D eigenvalue weighted by Gasteiger charge is -2.40. The number of rotatable bonds is 8. The molecule has 5 heteroatoms. The summed E-state index contributed by atoms with van der Waals surface area (Å²) in [6.07, 6.45) is 9.34. The lowest BCUT2D eigenvalue weighted by atomic mass is 9.67. The summed E-state index contributed by atoms with van der Waals surface area (Å²) in [7, 11) is 0. The van der Waals surface area contributed by atoms with Gasteiger partial charge in [-0.2, -0.15) is 0 Å². The van der Waals surface area contributed by atoms with Gasteiger partial charge < -0.3 is 10.6 Å². The first-order chi connectivity index (χ1) is 10.7. The molecule has 1 fully saturated rings. The molecule has 0 spiro atoms. The maximum Gasteiger partial charge on any atom is 0.191 e. The Labute approximate surface area is 138 Å². The van der Waals surface area contributed by atoms with Gasteiger partial charge in [0.15, 0.2) is 5.96 Å². The number of aromatic nitrogens is 1. The lowest BCUT2D eigenvalue weighted by Crippen LogP contribution is -2.40. The largest absolute Gasteiger partial charge is 0.357 e. The predicted molar refractivity (Wildman–Crippen MR) is 95.8 cm³/mol. The maximum atomic E-state index is 4.81. The Balaban J connectivity index is 1.80. The number of hydrogen-bond donors (Lipinski definition) is 2. The molecule has 2 N–H and O–H groups in total. The van der Waals surface area contributed by atoms with Crippen LogP contribution in [0.15, 0.2) is 11.2 Å². The van der Waals surface area contributed by atoms with E-state index in [4.69, 9.17) is 4.99 Å². The van der Waals surface area contributed by atoms with Crippen molar-refractivity contribution in [1.82, 2.24) is 15.6 Å². The average molecular weight is 323 g/mol. The van der Waals surface area contributed by atoms with Crippen molar-refractivity contribution in [2.45, 2.75) is 59.3 Å². The van der Waals surface area contributed by atoms with E-state index in [0.29, 0.717) is 5.41 Å². The Morgan fingerprint density at radius 2 is 2.14 bits per heavy atom. The Morgan fingerprint density at radius 1 is 1.32 bits per heavy atom. The minimum atomic E-state index is 0.480. The normalized spacial score (nSPS) is 17.1. The first-order valence-electron chi connectivity index (χ1n) is 8.67. The van der Waals surface area contributed by atoms with Crippen molar-refractivity contribution in [1.29, 1.82) is 0 Å². The summed E-state index contributed by atoms with van der Waals surface area (Å²) >= 11 is 1.82. The molecule has 1 aliphatic rings. The van der Waals surface area contributed by atoms with Gasteiger partial charge in [-0.25, -0.2) is 4.98 Å². The number of hydrogen-bond acceptors (Lipinski definition) is 3. The van der Waals surface area contributed by atoms with Gasteiger partial charge >= 0.3 is 0 Å². The van der Waals surface area contributed by atoms with Crippen LogP contribution in [0.5, 0.6) is 0 Å². The van der Waals surface area contributed by atoms with Gasteiger partial charge in [0, 0.05) is 37.1 Å². The smallest absolute Gasteiger partial charge is 0.191 e. The number of nitrogens with one attached hydrogen (secondary N) is 2. The van der Waals surface area contributed by atoms with Crippen LogP contribution in [-0.4, -0.2) is 30.6 Å². The van der Waals surface area contributed by atoms with Crippen LogP contribution in [0.4, 0.5) is 0 Å². The highest BCUT2D eigenvalue weighted by molar-refractivity contribution is 7.11. The monoisotopic (exact) mass is 322 g/mol. The van der Waals surface area contributed by atoms with E-state index in [-0.39, 0.29) is 0 Å². The van der Waals surface area contributed by atoms with Crippen molar-refractivity contribution >= 4 is 17.3 Å². The molecule has 0 unspecified atom stereocenters. The van der Waals surface area contributed by atoms with Crippen LogP contribution < -0.4 is 10.6 Å². The summed E-state index contributed by atoms with van der Waals surface area (Å²) in [5, 5.41) is 8.01. The Hall–Kier alpha value is -1.10.